The van der Waals surface area contributed by atoms with E-state index in [1.807, 2.05) is 0 Å². The van der Waals surface area contributed by atoms with Crippen LogP contribution in [-0.4, -0.2) is 30.1 Å². The summed E-state index contributed by atoms with van der Waals surface area (Å²) in [7, 11) is 0. The lowest BCUT2D eigenvalue weighted by Gasteiger charge is -2.45. The fourth-order valence-electron chi connectivity index (χ4n) is 3.16. The molecule has 2 N–H and O–H groups in total. The van der Waals surface area contributed by atoms with Gasteiger partial charge in [0.1, 0.15) is 0 Å². The minimum Gasteiger partial charge on any atom is -0.329 e. The molecule has 0 aliphatic carbocycles. The van der Waals surface area contributed by atoms with Crippen LogP contribution in [0.25, 0.3) is 0 Å². The van der Waals surface area contributed by atoms with Crippen LogP contribution in [0.1, 0.15) is 66.2 Å². The number of piperidine rings is 1. The summed E-state index contributed by atoms with van der Waals surface area (Å²) >= 11 is 0. The minimum absolute atomic E-state index is 0.238. The number of nitrogens with zero attached hydrogens (tertiary/aromatic N) is 1. The molecule has 0 bridgehead atoms. The Balaban J connectivity index is 2.46. The van der Waals surface area contributed by atoms with Crippen LogP contribution in [-0.2, 0) is 0 Å². The average Bonchev–Trinajstić information content (AvgIpc) is 2.37. The monoisotopic (exact) mass is 254 g/mol. The third-order valence-corrected chi connectivity index (χ3v) is 4.77. The second-order valence-electron chi connectivity index (χ2n) is 6.85. The molecular formula is C16H34N2. The lowest BCUT2D eigenvalue weighted by atomic mass is 9.85. The zero-order chi connectivity index (χ0) is 13.6. The van der Waals surface area contributed by atoms with Crippen LogP contribution in [0.4, 0.5) is 0 Å². The second-order valence-corrected chi connectivity index (χ2v) is 6.85. The van der Waals surface area contributed by atoms with Gasteiger partial charge in [0, 0.05) is 12.1 Å². The van der Waals surface area contributed by atoms with Gasteiger partial charge in [-0.2, -0.15) is 0 Å². The molecule has 0 spiro atoms. The molecule has 1 atom stereocenters. The molecule has 2 heteroatoms. The molecular weight excluding hydrogens is 220 g/mol. The Morgan fingerprint density at radius 2 is 1.89 bits per heavy atom. The van der Waals surface area contributed by atoms with Gasteiger partial charge < -0.3 is 5.73 Å². The second kappa shape index (κ2) is 7.49. The van der Waals surface area contributed by atoms with E-state index < -0.39 is 0 Å². The van der Waals surface area contributed by atoms with Crippen LogP contribution < -0.4 is 5.73 Å². The van der Waals surface area contributed by atoms with Crippen LogP contribution in [0, 0.1) is 11.8 Å². The molecule has 1 saturated heterocycles. The van der Waals surface area contributed by atoms with E-state index in [4.69, 9.17) is 5.73 Å². The molecule has 1 unspecified atom stereocenters. The SMILES string of the molecule is CCCC1CCN(C(C)(CN)CCC(C)C)CC1. The molecule has 0 saturated carbocycles. The highest BCUT2D eigenvalue weighted by Crippen LogP contribution is 2.29. The normalized spacial score (nSPS) is 22.3. The Morgan fingerprint density at radius 3 is 2.33 bits per heavy atom. The minimum atomic E-state index is 0.238. The smallest absolute Gasteiger partial charge is 0.0303 e. The summed E-state index contributed by atoms with van der Waals surface area (Å²) in [6.45, 7) is 12.6. The number of rotatable bonds is 7. The molecule has 18 heavy (non-hydrogen) atoms. The van der Waals surface area contributed by atoms with E-state index in [1.165, 1.54) is 51.6 Å². The number of hydrogen-bond donors (Lipinski definition) is 1. The van der Waals surface area contributed by atoms with E-state index in [0.717, 1.165) is 18.4 Å². The summed E-state index contributed by atoms with van der Waals surface area (Å²) in [6, 6.07) is 0. The predicted octanol–water partition coefficient (Wildman–Crippen LogP) is 3.65. The van der Waals surface area contributed by atoms with E-state index in [1.54, 1.807) is 0 Å². The zero-order valence-corrected chi connectivity index (χ0v) is 13.0. The fraction of sp³-hybridized carbons (Fsp3) is 1.00. The quantitative estimate of drug-likeness (QED) is 0.751. The van der Waals surface area contributed by atoms with Crippen molar-refractivity contribution < 1.29 is 0 Å². The zero-order valence-electron chi connectivity index (χ0n) is 13.0. The standard InChI is InChI=1S/C16H34N2/c1-5-6-15-8-11-18(12-9-15)16(4,13-17)10-7-14(2)3/h14-15H,5-13,17H2,1-4H3. The van der Waals surface area contributed by atoms with Crippen molar-refractivity contribution in [3.05, 3.63) is 0 Å². The largest absolute Gasteiger partial charge is 0.329 e. The summed E-state index contributed by atoms with van der Waals surface area (Å²) in [5.41, 5.74) is 6.31. The Morgan fingerprint density at radius 1 is 1.28 bits per heavy atom. The van der Waals surface area contributed by atoms with Crippen LogP contribution in [0.2, 0.25) is 0 Å². The highest BCUT2D eigenvalue weighted by Gasteiger charge is 2.32. The molecule has 0 aromatic heterocycles. The topological polar surface area (TPSA) is 29.3 Å². The van der Waals surface area contributed by atoms with Gasteiger partial charge >= 0.3 is 0 Å². The molecule has 0 aromatic rings. The van der Waals surface area contributed by atoms with Gasteiger partial charge in [0.25, 0.3) is 0 Å². The molecule has 0 radical (unpaired) electrons. The van der Waals surface area contributed by atoms with Gasteiger partial charge in [-0.3, -0.25) is 4.90 Å². The summed E-state index contributed by atoms with van der Waals surface area (Å²) in [5, 5.41) is 0. The molecule has 0 amide bonds. The first kappa shape index (κ1) is 16.0. The van der Waals surface area contributed by atoms with Crippen molar-refractivity contribution in [2.75, 3.05) is 19.6 Å². The van der Waals surface area contributed by atoms with Crippen molar-refractivity contribution in [3.63, 3.8) is 0 Å². The molecule has 1 aliphatic heterocycles. The van der Waals surface area contributed by atoms with E-state index in [-0.39, 0.29) is 5.54 Å². The molecule has 0 aromatic carbocycles. The number of nitrogens with two attached hydrogens (primary N) is 1. The van der Waals surface area contributed by atoms with Crippen LogP contribution in [0.5, 0.6) is 0 Å². The number of hydrogen-bond acceptors (Lipinski definition) is 2. The Bertz CT molecular complexity index is 219. The van der Waals surface area contributed by atoms with Gasteiger partial charge in [-0.05, 0) is 57.5 Å². The number of likely N-dealkylation sites (tertiary alicyclic amines) is 1. The fourth-order valence-corrected chi connectivity index (χ4v) is 3.16. The van der Waals surface area contributed by atoms with Gasteiger partial charge in [-0.15, -0.1) is 0 Å². The van der Waals surface area contributed by atoms with E-state index in [9.17, 15) is 0 Å². The van der Waals surface area contributed by atoms with Gasteiger partial charge in [-0.1, -0.05) is 33.6 Å². The van der Waals surface area contributed by atoms with Crippen molar-refractivity contribution >= 4 is 0 Å². The average molecular weight is 254 g/mol. The highest BCUT2D eigenvalue weighted by atomic mass is 15.2. The first-order chi connectivity index (χ1) is 8.51. The Kier molecular flexibility index (Phi) is 6.65. The third-order valence-electron chi connectivity index (χ3n) is 4.77. The first-order valence-corrected chi connectivity index (χ1v) is 7.97. The van der Waals surface area contributed by atoms with Gasteiger partial charge in [0.05, 0.1) is 0 Å². The highest BCUT2D eigenvalue weighted by molar-refractivity contribution is 4.90. The third kappa shape index (κ3) is 4.55. The van der Waals surface area contributed by atoms with E-state index in [0.29, 0.717) is 0 Å². The first-order valence-electron chi connectivity index (χ1n) is 7.97. The molecule has 1 heterocycles. The van der Waals surface area contributed by atoms with Crippen molar-refractivity contribution in [2.24, 2.45) is 17.6 Å². The summed E-state index contributed by atoms with van der Waals surface area (Å²) in [5.74, 6) is 1.76. The lowest BCUT2D eigenvalue weighted by molar-refractivity contribution is 0.0554. The predicted molar refractivity (Wildman–Crippen MR) is 80.7 cm³/mol. The lowest BCUT2D eigenvalue weighted by Crippen LogP contribution is -2.54. The van der Waals surface area contributed by atoms with Gasteiger partial charge in [0.2, 0.25) is 0 Å². The molecule has 1 aliphatic rings. The van der Waals surface area contributed by atoms with Gasteiger partial charge in [-0.25, -0.2) is 0 Å². The van der Waals surface area contributed by atoms with E-state index >= 15 is 0 Å². The van der Waals surface area contributed by atoms with Crippen LogP contribution in [0.3, 0.4) is 0 Å². The Labute approximate surface area is 114 Å². The molecule has 1 fully saturated rings. The summed E-state index contributed by atoms with van der Waals surface area (Å²) in [6.07, 6.45) is 8.06. The van der Waals surface area contributed by atoms with Crippen LogP contribution in [0.15, 0.2) is 0 Å². The molecule has 1 rings (SSSR count). The van der Waals surface area contributed by atoms with Gasteiger partial charge in [0.15, 0.2) is 0 Å². The van der Waals surface area contributed by atoms with Crippen molar-refractivity contribution in [1.82, 2.24) is 4.90 Å². The van der Waals surface area contributed by atoms with Crippen LogP contribution >= 0.6 is 0 Å². The van der Waals surface area contributed by atoms with Crippen molar-refractivity contribution in [1.29, 1.82) is 0 Å². The Hall–Kier alpha value is -0.0800. The molecule has 108 valence electrons. The summed E-state index contributed by atoms with van der Waals surface area (Å²) in [4.78, 5) is 2.67. The molecule has 2 nitrogen and oxygen atoms in total. The van der Waals surface area contributed by atoms with Crippen molar-refractivity contribution in [2.45, 2.75) is 71.8 Å². The van der Waals surface area contributed by atoms with E-state index in [2.05, 4.69) is 32.6 Å². The van der Waals surface area contributed by atoms with Crippen molar-refractivity contribution in [3.8, 4) is 0 Å². The maximum atomic E-state index is 6.08. The summed E-state index contributed by atoms with van der Waals surface area (Å²) < 4.78 is 0. The maximum Gasteiger partial charge on any atom is 0.0303 e. The maximum absolute atomic E-state index is 6.08.